The number of aryl methyl sites for hydroxylation is 1. The minimum atomic E-state index is -0.0416. The van der Waals surface area contributed by atoms with Crippen molar-refractivity contribution in [3.63, 3.8) is 0 Å². The maximum atomic E-state index is 12.0. The van der Waals surface area contributed by atoms with Crippen molar-refractivity contribution in [1.29, 1.82) is 0 Å². The normalized spacial score (nSPS) is 10.5. The molecule has 0 unspecified atom stereocenters. The van der Waals surface area contributed by atoms with Crippen molar-refractivity contribution in [3.8, 4) is 11.3 Å². The second-order valence-electron chi connectivity index (χ2n) is 5.44. The molecule has 5 heteroatoms. The number of H-pyrrole nitrogens is 1. The molecule has 0 aliphatic rings. The molecule has 0 atom stereocenters. The fourth-order valence-corrected chi connectivity index (χ4v) is 2.97. The largest absolute Gasteiger partial charge is 0.351 e. The number of carbonyl (C=O) groups is 1. The quantitative estimate of drug-likeness (QED) is 0.530. The van der Waals surface area contributed by atoms with Crippen LogP contribution in [0.25, 0.3) is 11.3 Å². The molecule has 2 aromatic carbocycles. The number of hydrogen-bond acceptors (Lipinski definition) is 3. The lowest BCUT2D eigenvalue weighted by atomic mass is 10.1. The van der Waals surface area contributed by atoms with E-state index < -0.39 is 0 Å². The lowest BCUT2D eigenvalue weighted by Gasteiger charge is -2.04. The number of imidazole rings is 1. The zero-order chi connectivity index (χ0) is 16.8. The summed E-state index contributed by atoms with van der Waals surface area (Å²) in [4.78, 5) is 19.7. The number of nitrogens with one attached hydrogen (secondary N) is 2. The number of amides is 1. The summed E-state index contributed by atoms with van der Waals surface area (Å²) >= 11 is 1.59. The average molecular weight is 337 g/mol. The predicted octanol–water partition coefficient (Wildman–Crippen LogP) is 3.91. The van der Waals surface area contributed by atoms with Gasteiger partial charge in [-0.3, -0.25) is 4.79 Å². The van der Waals surface area contributed by atoms with Gasteiger partial charge in [0.1, 0.15) is 0 Å². The molecule has 0 aliphatic carbocycles. The van der Waals surface area contributed by atoms with Crippen LogP contribution in [0, 0.1) is 6.92 Å². The fraction of sp³-hybridized carbons (Fsp3) is 0.158. The summed E-state index contributed by atoms with van der Waals surface area (Å²) in [5.41, 5.74) is 3.95. The van der Waals surface area contributed by atoms with Gasteiger partial charge in [-0.15, -0.1) is 0 Å². The van der Waals surface area contributed by atoms with Crippen LogP contribution in [0.15, 0.2) is 66.0 Å². The Morgan fingerprint density at radius 2 is 1.88 bits per heavy atom. The van der Waals surface area contributed by atoms with Gasteiger partial charge in [0.05, 0.1) is 11.9 Å². The second kappa shape index (κ2) is 7.84. The molecule has 3 aromatic rings. The van der Waals surface area contributed by atoms with Crippen LogP contribution in [0.3, 0.4) is 0 Å². The van der Waals surface area contributed by atoms with Gasteiger partial charge >= 0.3 is 0 Å². The van der Waals surface area contributed by atoms with Crippen molar-refractivity contribution in [3.05, 3.63) is 71.9 Å². The summed E-state index contributed by atoms with van der Waals surface area (Å²) < 4.78 is 0. The van der Waals surface area contributed by atoms with E-state index in [1.54, 1.807) is 11.8 Å². The lowest BCUT2D eigenvalue weighted by molar-refractivity contribution is 0.0956. The Kier molecular flexibility index (Phi) is 5.33. The summed E-state index contributed by atoms with van der Waals surface area (Å²) in [6.07, 6.45) is 1.84. The molecule has 1 amide bonds. The average Bonchev–Trinajstić information content (AvgIpc) is 3.09. The van der Waals surface area contributed by atoms with E-state index in [0.29, 0.717) is 12.1 Å². The molecule has 4 nitrogen and oxygen atoms in total. The predicted molar refractivity (Wildman–Crippen MR) is 98.3 cm³/mol. The third-order valence-corrected chi connectivity index (χ3v) is 4.47. The monoisotopic (exact) mass is 337 g/mol. The molecule has 24 heavy (non-hydrogen) atoms. The van der Waals surface area contributed by atoms with E-state index in [-0.39, 0.29) is 5.91 Å². The van der Waals surface area contributed by atoms with E-state index in [2.05, 4.69) is 15.3 Å². The summed E-state index contributed by atoms with van der Waals surface area (Å²) in [6, 6.07) is 17.7. The molecule has 1 heterocycles. The standard InChI is InChI=1S/C19H19N3OS/c1-14-7-9-16(10-8-14)18(23)20-11-12-24-19-21-13-17(22-19)15-5-3-2-4-6-15/h2-10,13H,11-12H2,1H3,(H,20,23)(H,21,22). The number of nitrogens with zero attached hydrogens (tertiary/aromatic N) is 1. The summed E-state index contributed by atoms with van der Waals surface area (Å²) in [5.74, 6) is 0.722. The van der Waals surface area contributed by atoms with Crippen LogP contribution in [-0.2, 0) is 0 Å². The van der Waals surface area contributed by atoms with Gasteiger partial charge in [0.2, 0.25) is 0 Å². The Hall–Kier alpha value is -2.53. The first-order chi connectivity index (χ1) is 11.7. The van der Waals surface area contributed by atoms with Gasteiger partial charge < -0.3 is 10.3 Å². The number of aromatic nitrogens is 2. The van der Waals surface area contributed by atoms with Gasteiger partial charge in [-0.25, -0.2) is 4.98 Å². The number of benzene rings is 2. The topological polar surface area (TPSA) is 57.8 Å². The van der Waals surface area contributed by atoms with E-state index in [4.69, 9.17) is 0 Å². The third-order valence-electron chi connectivity index (χ3n) is 3.58. The van der Waals surface area contributed by atoms with Crippen LogP contribution in [-0.4, -0.2) is 28.2 Å². The van der Waals surface area contributed by atoms with Crippen molar-refractivity contribution < 1.29 is 4.79 Å². The van der Waals surface area contributed by atoms with Crippen molar-refractivity contribution in [2.75, 3.05) is 12.3 Å². The van der Waals surface area contributed by atoms with Gasteiger partial charge in [-0.1, -0.05) is 59.8 Å². The highest BCUT2D eigenvalue weighted by Crippen LogP contribution is 2.20. The molecule has 2 N–H and O–H groups in total. The minimum absolute atomic E-state index is 0.0416. The molecule has 1 aromatic heterocycles. The molecular weight excluding hydrogens is 318 g/mol. The summed E-state index contributed by atoms with van der Waals surface area (Å²) in [5, 5.41) is 3.79. The number of thioether (sulfide) groups is 1. The van der Waals surface area contributed by atoms with Gasteiger partial charge in [0, 0.05) is 17.9 Å². The van der Waals surface area contributed by atoms with E-state index in [1.165, 1.54) is 0 Å². The Bertz CT molecular complexity index is 797. The highest BCUT2D eigenvalue weighted by Gasteiger charge is 2.06. The molecule has 0 fully saturated rings. The molecule has 0 radical (unpaired) electrons. The Balaban J connectivity index is 1.46. The number of carbonyl (C=O) groups excluding carboxylic acids is 1. The molecule has 3 rings (SSSR count). The smallest absolute Gasteiger partial charge is 0.251 e. The fourth-order valence-electron chi connectivity index (χ4n) is 2.26. The first kappa shape index (κ1) is 16.3. The zero-order valence-electron chi connectivity index (χ0n) is 13.5. The summed E-state index contributed by atoms with van der Waals surface area (Å²) in [7, 11) is 0. The Morgan fingerprint density at radius 3 is 2.62 bits per heavy atom. The molecule has 0 aliphatic heterocycles. The van der Waals surface area contributed by atoms with Crippen LogP contribution < -0.4 is 5.32 Å². The maximum Gasteiger partial charge on any atom is 0.251 e. The highest BCUT2D eigenvalue weighted by molar-refractivity contribution is 7.99. The van der Waals surface area contributed by atoms with E-state index in [0.717, 1.165) is 27.7 Å². The van der Waals surface area contributed by atoms with Crippen LogP contribution in [0.4, 0.5) is 0 Å². The van der Waals surface area contributed by atoms with Crippen LogP contribution in [0.1, 0.15) is 15.9 Å². The van der Waals surface area contributed by atoms with E-state index in [1.807, 2.05) is 67.7 Å². The number of rotatable bonds is 6. The van der Waals surface area contributed by atoms with Gasteiger partial charge in [0.25, 0.3) is 5.91 Å². The SMILES string of the molecule is Cc1ccc(C(=O)NCCSc2ncc(-c3ccccc3)[nH]2)cc1. The van der Waals surface area contributed by atoms with Crippen molar-refractivity contribution >= 4 is 17.7 Å². The van der Waals surface area contributed by atoms with Crippen molar-refractivity contribution in [1.82, 2.24) is 15.3 Å². The van der Waals surface area contributed by atoms with Gasteiger partial charge in [0.15, 0.2) is 5.16 Å². The van der Waals surface area contributed by atoms with Crippen molar-refractivity contribution in [2.24, 2.45) is 0 Å². The zero-order valence-corrected chi connectivity index (χ0v) is 14.3. The molecule has 0 bridgehead atoms. The molecule has 122 valence electrons. The van der Waals surface area contributed by atoms with E-state index >= 15 is 0 Å². The highest BCUT2D eigenvalue weighted by atomic mass is 32.2. The van der Waals surface area contributed by atoms with E-state index in [9.17, 15) is 4.79 Å². The Morgan fingerprint density at radius 1 is 1.12 bits per heavy atom. The molecular formula is C19H19N3OS. The molecule has 0 spiro atoms. The minimum Gasteiger partial charge on any atom is -0.351 e. The number of aromatic amines is 1. The first-order valence-electron chi connectivity index (χ1n) is 7.80. The van der Waals surface area contributed by atoms with Crippen LogP contribution in [0.5, 0.6) is 0 Å². The van der Waals surface area contributed by atoms with Gasteiger partial charge in [-0.2, -0.15) is 0 Å². The van der Waals surface area contributed by atoms with Crippen molar-refractivity contribution in [2.45, 2.75) is 12.1 Å². The van der Waals surface area contributed by atoms with Crippen LogP contribution in [0.2, 0.25) is 0 Å². The Labute approximate surface area is 145 Å². The number of hydrogen-bond donors (Lipinski definition) is 2. The van der Waals surface area contributed by atoms with Crippen LogP contribution >= 0.6 is 11.8 Å². The maximum absolute atomic E-state index is 12.0. The molecule has 0 saturated carbocycles. The molecule has 0 saturated heterocycles. The second-order valence-corrected chi connectivity index (χ2v) is 6.52. The van der Waals surface area contributed by atoms with Gasteiger partial charge in [-0.05, 0) is 24.6 Å². The lowest BCUT2D eigenvalue weighted by Crippen LogP contribution is -2.25. The first-order valence-corrected chi connectivity index (χ1v) is 8.79. The third kappa shape index (κ3) is 4.26. The summed E-state index contributed by atoms with van der Waals surface area (Å²) in [6.45, 7) is 2.60.